The molecule has 0 aliphatic rings. The van der Waals surface area contributed by atoms with Gasteiger partial charge in [0.25, 0.3) is 0 Å². The van der Waals surface area contributed by atoms with Crippen molar-refractivity contribution in [3.8, 4) is 0 Å². The molecule has 0 unspecified atom stereocenters. The van der Waals surface area contributed by atoms with E-state index >= 15 is 0 Å². The number of rotatable bonds is 6. The van der Waals surface area contributed by atoms with Crippen molar-refractivity contribution in [3.05, 3.63) is 34.9 Å². The van der Waals surface area contributed by atoms with Crippen LogP contribution in [0.1, 0.15) is 50.2 Å². The zero-order chi connectivity index (χ0) is 12.0. The lowest BCUT2D eigenvalue weighted by Gasteiger charge is -2.05. The van der Waals surface area contributed by atoms with Gasteiger partial charge in [-0.3, -0.25) is 0 Å². The Hall–Kier alpha value is -0.920. The Morgan fingerprint density at radius 3 is 2.31 bits per heavy atom. The largest absolute Gasteiger partial charge is 0.207 e. The van der Waals surface area contributed by atoms with Gasteiger partial charge in [-0.05, 0) is 43.0 Å². The Labute approximate surface area is 96.7 Å². The predicted molar refractivity (Wildman–Crippen MR) is 63.6 cm³/mol. The van der Waals surface area contributed by atoms with Gasteiger partial charge in [-0.15, -0.1) is 0 Å². The SMILES string of the molecule is CCCCCCCc1cc(F)c(C)cc1F. The van der Waals surface area contributed by atoms with Crippen LogP contribution in [0.5, 0.6) is 0 Å². The van der Waals surface area contributed by atoms with Gasteiger partial charge in [0, 0.05) is 0 Å². The minimum atomic E-state index is -0.301. The predicted octanol–water partition coefficient (Wildman–Crippen LogP) is 4.79. The van der Waals surface area contributed by atoms with Crippen molar-refractivity contribution in [2.45, 2.75) is 52.4 Å². The van der Waals surface area contributed by atoms with Crippen LogP contribution >= 0.6 is 0 Å². The van der Waals surface area contributed by atoms with Crippen LogP contribution in [0.2, 0.25) is 0 Å². The molecule has 0 bridgehead atoms. The van der Waals surface area contributed by atoms with Crippen LogP contribution in [0.3, 0.4) is 0 Å². The molecule has 0 amide bonds. The molecule has 0 aliphatic carbocycles. The first-order chi connectivity index (χ1) is 7.65. The Balaban J connectivity index is 2.45. The van der Waals surface area contributed by atoms with Crippen molar-refractivity contribution in [1.82, 2.24) is 0 Å². The average Bonchev–Trinajstić information content (AvgIpc) is 2.25. The Bertz CT molecular complexity index is 332. The van der Waals surface area contributed by atoms with E-state index in [1.54, 1.807) is 6.92 Å². The summed E-state index contributed by atoms with van der Waals surface area (Å²) in [5, 5.41) is 0. The molecule has 1 aromatic carbocycles. The summed E-state index contributed by atoms with van der Waals surface area (Å²) in [5.41, 5.74) is 0.895. The molecule has 0 atom stereocenters. The van der Waals surface area contributed by atoms with Gasteiger partial charge < -0.3 is 0 Å². The van der Waals surface area contributed by atoms with E-state index in [0.717, 1.165) is 12.8 Å². The molecule has 0 N–H and O–H groups in total. The topological polar surface area (TPSA) is 0 Å². The first-order valence-corrected chi connectivity index (χ1v) is 6.09. The van der Waals surface area contributed by atoms with E-state index in [1.165, 1.54) is 31.4 Å². The molecule has 16 heavy (non-hydrogen) atoms. The van der Waals surface area contributed by atoms with Gasteiger partial charge in [-0.2, -0.15) is 0 Å². The normalized spacial score (nSPS) is 10.8. The number of unbranched alkanes of at least 4 members (excludes halogenated alkanes) is 4. The molecule has 0 spiro atoms. The summed E-state index contributed by atoms with van der Waals surface area (Å²) in [7, 11) is 0. The lowest BCUT2D eigenvalue weighted by Crippen LogP contribution is -1.95. The molecule has 0 aliphatic heterocycles. The average molecular weight is 226 g/mol. The van der Waals surface area contributed by atoms with Gasteiger partial charge in [-0.25, -0.2) is 8.78 Å². The van der Waals surface area contributed by atoms with Gasteiger partial charge in [0.2, 0.25) is 0 Å². The molecule has 90 valence electrons. The molecule has 0 saturated carbocycles. The minimum absolute atomic E-state index is 0.269. The molecule has 2 heteroatoms. The Morgan fingerprint density at radius 2 is 1.62 bits per heavy atom. The quantitative estimate of drug-likeness (QED) is 0.612. The Morgan fingerprint density at radius 1 is 0.938 bits per heavy atom. The summed E-state index contributed by atoms with van der Waals surface area (Å²) in [6, 6.07) is 2.63. The number of aryl methyl sites for hydroxylation is 2. The van der Waals surface area contributed by atoms with E-state index in [4.69, 9.17) is 0 Å². The Kier molecular flexibility index (Phi) is 5.44. The number of benzene rings is 1. The van der Waals surface area contributed by atoms with Crippen molar-refractivity contribution in [2.75, 3.05) is 0 Å². The molecule has 0 radical (unpaired) electrons. The highest BCUT2D eigenvalue weighted by Crippen LogP contribution is 2.17. The minimum Gasteiger partial charge on any atom is -0.207 e. The molecule has 0 saturated heterocycles. The van der Waals surface area contributed by atoms with Crippen molar-refractivity contribution in [3.63, 3.8) is 0 Å². The molecular formula is C14H20F2. The maximum absolute atomic E-state index is 13.4. The molecule has 0 heterocycles. The molecule has 1 rings (SSSR count). The highest BCUT2D eigenvalue weighted by atomic mass is 19.1. The first-order valence-electron chi connectivity index (χ1n) is 6.09. The second-order valence-corrected chi connectivity index (χ2v) is 4.36. The van der Waals surface area contributed by atoms with Crippen LogP contribution in [-0.4, -0.2) is 0 Å². The lowest BCUT2D eigenvalue weighted by atomic mass is 10.0. The second kappa shape index (κ2) is 6.62. The summed E-state index contributed by atoms with van der Waals surface area (Å²) in [6.45, 7) is 3.75. The lowest BCUT2D eigenvalue weighted by molar-refractivity contribution is 0.566. The van der Waals surface area contributed by atoms with Gasteiger partial charge in [0.05, 0.1) is 0 Å². The van der Waals surface area contributed by atoms with Crippen LogP contribution in [0, 0.1) is 18.6 Å². The van der Waals surface area contributed by atoms with Crippen molar-refractivity contribution >= 4 is 0 Å². The van der Waals surface area contributed by atoms with Crippen LogP contribution < -0.4 is 0 Å². The van der Waals surface area contributed by atoms with Crippen molar-refractivity contribution < 1.29 is 8.78 Å². The van der Waals surface area contributed by atoms with Crippen molar-refractivity contribution in [1.29, 1.82) is 0 Å². The summed E-state index contributed by atoms with van der Waals surface area (Å²) < 4.78 is 26.7. The summed E-state index contributed by atoms with van der Waals surface area (Å²) in [5.74, 6) is -0.570. The van der Waals surface area contributed by atoms with E-state index in [0.29, 0.717) is 17.5 Å². The third kappa shape index (κ3) is 3.92. The van der Waals surface area contributed by atoms with E-state index in [2.05, 4.69) is 6.92 Å². The number of hydrogen-bond acceptors (Lipinski definition) is 0. The van der Waals surface area contributed by atoms with Crippen molar-refractivity contribution in [2.24, 2.45) is 0 Å². The fourth-order valence-corrected chi connectivity index (χ4v) is 1.80. The molecule has 0 fully saturated rings. The third-order valence-electron chi connectivity index (χ3n) is 2.88. The van der Waals surface area contributed by atoms with Gasteiger partial charge in [0.1, 0.15) is 11.6 Å². The van der Waals surface area contributed by atoms with E-state index in [-0.39, 0.29) is 11.6 Å². The molecule has 0 aromatic heterocycles. The first kappa shape index (κ1) is 13.1. The zero-order valence-corrected chi connectivity index (χ0v) is 10.2. The van der Waals surface area contributed by atoms with Crippen LogP contribution in [0.15, 0.2) is 12.1 Å². The van der Waals surface area contributed by atoms with Crippen LogP contribution in [0.25, 0.3) is 0 Å². The van der Waals surface area contributed by atoms with E-state index in [9.17, 15) is 8.78 Å². The molecule has 0 nitrogen and oxygen atoms in total. The molecule has 1 aromatic rings. The summed E-state index contributed by atoms with van der Waals surface area (Å²) >= 11 is 0. The fourth-order valence-electron chi connectivity index (χ4n) is 1.80. The summed E-state index contributed by atoms with van der Waals surface area (Å²) in [4.78, 5) is 0. The zero-order valence-electron chi connectivity index (χ0n) is 10.2. The monoisotopic (exact) mass is 226 g/mol. The smallest absolute Gasteiger partial charge is 0.126 e. The van der Waals surface area contributed by atoms with E-state index < -0.39 is 0 Å². The van der Waals surface area contributed by atoms with Crippen LogP contribution in [-0.2, 0) is 6.42 Å². The standard InChI is InChI=1S/C14H20F2/c1-3-4-5-6-7-8-12-10-13(15)11(2)9-14(12)16/h9-10H,3-8H2,1-2H3. The maximum atomic E-state index is 13.4. The molecular weight excluding hydrogens is 206 g/mol. The van der Waals surface area contributed by atoms with Gasteiger partial charge in [0.15, 0.2) is 0 Å². The van der Waals surface area contributed by atoms with Gasteiger partial charge >= 0.3 is 0 Å². The highest BCUT2D eigenvalue weighted by molar-refractivity contribution is 5.25. The second-order valence-electron chi connectivity index (χ2n) is 4.36. The van der Waals surface area contributed by atoms with Crippen LogP contribution in [0.4, 0.5) is 8.78 Å². The summed E-state index contributed by atoms with van der Waals surface area (Å²) in [6.07, 6.45) is 6.31. The number of halogens is 2. The number of hydrogen-bond donors (Lipinski definition) is 0. The van der Waals surface area contributed by atoms with E-state index in [1.807, 2.05) is 0 Å². The highest BCUT2D eigenvalue weighted by Gasteiger charge is 2.06. The van der Waals surface area contributed by atoms with Gasteiger partial charge in [-0.1, -0.05) is 32.6 Å². The third-order valence-corrected chi connectivity index (χ3v) is 2.88. The maximum Gasteiger partial charge on any atom is 0.126 e. The fraction of sp³-hybridized carbons (Fsp3) is 0.571.